The van der Waals surface area contributed by atoms with Crippen molar-refractivity contribution in [2.24, 2.45) is 0 Å². The lowest BCUT2D eigenvalue weighted by Crippen LogP contribution is -2.48. The number of rotatable bonds is 4. The molecule has 0 bridgehead atoms. The van der Waals surface area contributed by atoms with Crippen LogP contribution in [0, 0.1) is 0 Å². The first-order valence-corrected chi connectivity index (χ1v) is 11.7. The van der Waals surface area contributed by atoms with Crippen molar-refractivity contribution in [1.29, 1.82) is 0 Å². The number of nitrogens with zero attached hydrogens (tertiary/aromatic N) is 3. The molecule has 7 heteroatoms. The molecule has 0 unspecified atom stereocenters. The maximum atomic E-state index is 13.1. The summed E-state index contributed by atoms with van der Waals surface area (Å²) in [6.07, 6.45) is 4.38. The third-order valence-electron chi connectivity index (χ3n) is 5.99. The molecule has 3 aromatic rings. The van der Waals surface area contributed by atoms with E-state index in [4.69, 9.17) is 4.42 Å². The summed E-state index contributed by atoms with van der Waals surface area (Å²) in [7, 11) is -3.44. The zero-order valence-electron chi connectivity index (χ0n) is 16.4. The van der Waals surface area contributed by atoms with E-state index in [0.29, 0.717) is 43.5 Å². The largest absolute Gasteiger partial charge is 0.439 e. The predicted octanol–water partition coefficient (Wildman–Crippen LogP) is 3.21. The second kappa shape index (κ2) is 7.55. The number of sulfonamides is 1. The Balaban J connectivity index is 1.26. The number of fused-ring (bicyclic) bond motifs is 2. The molecule has 0 radical (unpaired) electrons. The molecule has 0 atom stereocenters. The molecule has 2 heterocycles. The molecule has 0 spiro atoms. The highest BCUT2D eigenvalue weighted by Gasteiger charge is 2.29. The summed E-state index contributed by atoms with van der Waals surface area (Å²) in [4.78, 5) is 7.16. The number of aryl methyl sites for hydroxylation is 2. The van der Waals surface area contributed by atoms with Gasteiger partial charge in [0, 0.05) is 26.2 Å². The minimum atomic E-state index is -3.44. The minimum Gasteiger partial charge on any atom is -0.439 e. The van der Waals surface area contributed by atoms with E-state index in [1.54, 1.807) is 10.4 Å². The lowest BCUT2D eigenvalue weighted by atomic mass is 9.92. The van der Waals surface area contributed by atoms with Crippen molar-refractivity contribution < 1.29 is 12.8 Å². The van der Waals surface area contributed by atoms with Crippen LogP contribution in [-0.4, -0.2) is 48.8 Å². The highest BCUT2D eigenvalue weighted by molar-refractivity contribution is 7.89. The Kier molecular flexibility index (Phi) is 4.89. The maximum Gasteiger partial charge on any atom is 0.243 e. The molecule has 2 aromatic carbocycles. The van der Waals surface area contributed by atoms with Gasteiger partial charge in [-0.05, 0) is 61.1 Å². The van der Waals surface area contributed by atoms with Crippen LogP contribution in [0.4, 0.5) is 0 Å². The van der Waals surface area contributed by atoms with Crippen molar-refractivity contribution in [2.45, 2.75) is 37.1 Å². The Labute approximate surface area is 171 Å². The Morgan fingerprint density at radius 2 is 1.69 bits per heavy atom. The molecule has 2 aliphatic rings. The Morgan fingerprint density at radius 1 is 0.931 bits per heavy atom. The smallest absolute Gasteiger partial charge is 0.243 e. The van der Waals surface area contributed by atoms with Crippen molar-refractivity contribution in [3.8, 4) is 0 Å². The fourth-order valence-corrected chi connectivity index (χ4v) is 5.80. The monoisotopic (exact) mass is 411 g/mol. The van der Waals surface area contributed by atoms with E-state index in [1.165, 1.54) is 17.5 Å². The Hall–Kier alpha value is -2.22. The van der Waals surface area contributed by atoms with Crippen LogP contribution in [0.15, 0.2) is 51.8 Å². The van der Waals surface area contributed by atoms with Gasteiger partial charge < -0.3 is 4.42 Å². The van der Waals surface area contributed by atoms with Gasteiger partial charge in [0.25, 0.3) is 0 Å². The SMILES string of the molecule is O=S(=O)(c1ccc2c(c1)CCCC2)N1CCN(Cc2nc3ccccc3o2)CC1. The number of aromatic nitrogens is 1. The van der Waals surface area contributed by atoms with E-state index in [1.807, 2.05) is 36.4 Å². The van der Waals surface area contributed by atoms with Crippen molar-refractivity contribution in [1.82, 2.24) is 14.2 Å². The molecule has 6 nitrogen and oxygen atoms in total. The molecule has 1 aliphatic carbocycles. The molecule has 1 aliphatic heterocycles. The molecule has 0 N–H and O–H groups in total. The summed E-state index contributed by atoms with van der Waals surface area (Å²) in [5, 5.41) is 0. The van der Waals surface area contributed by atoms with Crippen LogP contribution in [0.5, 0.6) is 0 Å². The van der Waals surface area contributed by atoms with Crippen LogP contribution in [0.25, 0.3) is 11.1 Å². The number of hydrogen-bond acceptors (Lipinski definition) is 5. The van der Waals surface area contributed by atoms with Gasteiger partial charge in [-0.3, -0.25) is 4.90 Å². The summed E-state index contributed by atoms with van der Waals surface area (Å²) >= 11 is 0. The normalized spacial score (nSPS) is 18.8. The van der Waals surface area contributed by atoms with Crippen molar-refractivity contribution >= 4 is 21.1 Å². The fraction of sp³-hybridized carbons (Fsp3) is 0.409. The molecule has 5 rings (SSSR count). The predicted molar refractivity (Wildman–Crippen MR) is 111 cm³/mol. The molecule has 1 aromatic heterocycles. The molecule has 0 amide bonds. The van der Waals surface area contributed by atoms with Gasteiger partial charge in [0.05, 0.1) is 11.4 Å². The maximum absolute atomic E-state index is 13.1. The third-order valence-corrected chi connectivity index (χ3v) is 7.88. The quantitative estimate of drug-likeness (QED) is 0.660. The minimum absolute atomic E-state index is 0.436. The van der Waals surface area contributed by atoms with Crippen LogP contribution >= 0.6 is 0 Å². The molecule has 29 heavy (non-hydrogen) atoms. The number of hydrogen-bond donors (Lipinski definition) is 0. The standard InChI is InChI=1S/C22H25N3O3S/c26-29(27,19-10-9-17-5-1-2-6-18(17)15-19)25-13-11-24(12-14-25)16-22-23-20-7-3-4-8-21(20)28-22/h3-4,7-10,15H,1-2,5-6,11-14,16H2. The van der Waals surface area contributed by atoms with Crippen LogP contribution < -0.4 is 0 Å². The summed E-state index contributed by atoms with van der Waals surface area (Å²) < 4.78 is 33.7. The summed E-state index contributed by atoms with van der Waals surface area (Å²) in [6, 6.07) is 13.4. The topological polar surface area (TPSA) is 66.7 Å². The van der Waals surface area contributed by atoms with Crippen LogP contribution in [0.1, 0.15) is 29.9 Å². The second-order valence-corrected chi connectivity index (χ2v) is 9.83. The van der Waals surface area contributed by atoms with Gasteiger partial charge in [-0.2, -0.15) is 4.31 Å². The highest BCUT2D eigenvalue weighted by atomic mass is 32.2. The Bertz CT molecular complexity index is 1100. The van der Waals surface area contributed by atoms with E-state index in [0.717, 1.165) is 30.4 Å². The molecule has 1 fully saturated rings. The number of para-hydroxylation sites is 2. The second-order valence-electron chi connectivity index (χ2n) is 7.89. The molecular weight excluding hydrogens is 386 g/mol. The zero-order valence-corrected chi connectivity index (χ0v) is 17.2. The van der Waals surface area contributed by atoms with Gasteiger partial charge in [0.15, 0.2) is 5.58 Å². The molecular formula is C22H25N3O3S. The number of oxazole rings is 1. The lowest BCUT2D eigenvalue weighted by Gasteiger charge is -2.33. The van der Waals surface area contributed by atoms with Gasteiger partial charge in [-0.15, -0.1) is 0 Å². The van der Waals surface area contributed by atoms with Crippen molar-refractivity contribution in [3.05, 3.63) is 59.5 Å². The van der Waals surface area contributed by atoms with Crippen LogP contribution in [0.3, 0.4) is 0 Å². The third kappa shape index (κ3) is 3.70. The average Bonchev–Trinajstić information content (AvgIpc) is 3.16. The van der Waals surface area contributed by atoms with E-state index < -0.39 is 10.0 Å². The summed E-state index contributed by atoms with van der Waals surface area (Å²) in [5.41, 5.74) is 4.15. The van der Waals surface area contributed by atoms with Crippen LogP contribution in [0.2, 0.25) is 0 Å². The van der Waals surface area contributed by atoms with Gasteiger partial charge in [-0.1, -0.05) is 18.2 Å². The van der Waals surface area contributed by atoms with E-state index in [-0.39, 0.29) is 0 Å². The summed E-state index contributed by atoms with van der Waals surface area (Å²) in [5.74, 6) is 0.678. The van der Waals surface area contributed by atoms with Gasteiger partial charge in [-0.25, -0.2) is 13.4 Å². The Morgan fingerprint density at radius 3 is 2.48 bits per heavy atom. The first-order valence-electron chi connectivity index (χ1n) is 10.3. The van der Waals surface area contributed by atoms with Gasteiger partial charge in [0.1, 0.15) is 5.52 Å². The molecule has 1 saturated heterocycles. The fourth-order valence-electron chi connectivity index (χ4n) is 4.33. The zero-order chi connectivity index (χ0) is 19.8. The average molecular weight is 412 g/mol. The van der Waals surface area contributed by atoms with E-state index in [9.17, 15) is 8.42 Å². The van der Waals surface area contributed by atoms with E-state index >= 15 is 0 Å². The summed E-state index contributed by atoms with van der Waals surface area (Å²) in [6.45, 7) is 2.91. The molecule has 0 saturated carbocycles. The van der Waals surface area contributed by atoms with Crippen molar-refractivity contribution in [2.75, 3.05) is 26.2 Å². The number of benzene rings is 2. The van der Waals surface area contributed by atoms with Crippen molar-refractivity contribution in [3.63, 3.8) is 0 Å². The molecule has 152 valence electrons. The lowest BCUT2D eigenvalue weighted by molar-refractivity contribution is 0.169. The van der Waals surface area contributed by atoms with Crippen LogP contribution in [-0.2, 0) is 29.4 Å². The first kappa shape index (κ1) is 18.8. The highest BCUT2D eigenvalue weighted by Crippen LogP contribution is 2.26. The number of piperazine rings is 1. The van der Waals surface area contributed by atoms with Gasteiger partial charge >= 0.3 is 0 Å². The van der Waals surface area contributed by atoms with E-state index in [2.05, 4.69) is 9.88 Å². The van der Waals surface area contributed by atoms with Gasteiger partial charge in [0.2, 0.25) is 15.9 Å². The first-order chi connectivity index (χ1) is 14.1.